The zero-order valence-corrected chi connectivity index (χ0v) is 24.9. The molecular weight excluding hydrogens is 597 g/mol. The molecule has 0 unspecified atom stereocenters. The highest BCUT2D eigenvalue weighted by Gasteiger charge is 2.33. The number of nitriles is 1. The maximum atomic E-state index is 13.7. The van der Waals surface area contributed by atoms with E-state index < -0.39 is 0 Å². The molecular formula is C39H21F2N3OS. The van der Waals surface area contributed by atoms with Crippen LogP contribution in [0.25, 0.3) is 37.7 Å². The first kappa shape index (κ1) is 28.6. The molecule has 1 aliphatic carbocycles. The summed E-state index contributed by atoms with van der Waals surface area (Å²) in [4.78, 5) is 20.8. The summed E-state index contributed by atoms with van der Waals surface area (Å²) in [6, 6.07) is 37.3. The number of ketones is 1. The van der Waals surface area contributed by atoms with Crippen LogP contribution in [0.3, 0.4) is 0 Å². The van der Waals surface area contributed by atoms with Crippen molar-refractivity contribution in [3.8, 4) is 16.5 Å². The van der Waals surface area contributed by atoms with Gasteiger partial charge in [-0.3, -0.25) is 4.79 Å². The molecule has 0 aliphatic heterocycles. The summed E-state index contributed by atoms with van der Waals surface area (Å²) >= 11 is 1.49. The Morgan fingerprint density at radius 1 is 0.761 bits per heavy atom. The first-order valence-corrected chi connectivity index (χ1v) is 15.1. The molecule has 1 heterocycles. The highest BCUT2D eigenvalue weighted by atomic mass is 32.1. The van der Waals surface area contributed by atoms with Crippen molar-refractivity contribution in [3.63, 3.8) is 0 Å². The normalized spacial score (nSPS) is 14.2. The van der Waals surface area contributed by atoms with Crippen LogP contribution in [0.1, 0.15) is 20.8 Å². The van der Waals surface area contributed by atoms with Gasteiger partial charge in [0.2, 0.25) is 0 Å². The molecule has 0 spiro atoms. The number of hydrogen-bond acceptors (Lipinski definition) is 4. The lowest BCUT2D eigenvalue weighted by molar-refractivity contribution is 0.104. The molecule has 7 rings (SSSR count). The number of rotatable bonds is 5. The average Bonchev–Trinajstić information content (AvgIpc) is 3.65. The Labute approximate surface area is 267 Å². The molecule has 1 aromatic heterocycles. The maximum Gasteiger partial charge on any atom is 0.270 e. The van der Waals surface area contributed by atoms with Crippen molar-refractivity contribution in [1.82, 2.24) is 0 Å². The van der Waals surface area contributed by atoms with Gasteiger partial charge in [-0.15, -0.1) is 11.3 Å². The molecule has 0 atom stereocenters. The third-order valence-electron chi connectivity index (χ3n) is 7.86. The fraction of sp³-hybridized carbons (Fsp3) is 0. The Bertz CT molecular complexity index is 2240. The number of thiophene rings is 1. The van der Waals surface area contributed by atoms with Gasteiger partial charge in [0, 0.05) is 43.5 Å². The summed E-state index contributed by atoms with van der Waals surface area (Å²) in [5, 5.41) is 11.6. The number of allylic oxidation sites excluding steroid dienone is 3. The summed E-state index contributed by atoms with van der Waals surface area (Å²) in [6.45, 7) is 7.63. The summed E-state index contributed by atoms with van der Waals surface area (Å²) < 4.78 is 27.4. The van der Waals surface area contributed by atoms with Gasteiger partial charge in [0.15, 0.2) is 5.78 Å². The second-order valence-corrected chi connectivity index (χ2v) is 11.7. The quantitative estimate of drug-likeness (QED) is 0.110. The van der Waals surface area contributed by atoms with Crippen molar-refractivity contribution in [2.45, 2.75) is 0 Å². The molecule has 4 nitrogen and oxygen atoms in total. The van der Waals surface area contributed by atoms with E-state index in [1.54, 1.807) is 30.3 Å². The molecule has 0 radical (unpaired) electrons. The summed E-state index contributed by atoms with van der Waals surface area (Å²) in [7, 11) is 0. The first-order valence-electron chi connectivity index (χ1n) is 14.3. The minimum atomic E-state index is -0.348. The third kappa shape index (κ3) is 5.16. The lowest BCUT2D eigenvalue weighted by atomic mass is 9.99. The molecule has 5 aromatic carbocycles. The van der Waals surface area contributed by atoms with E-state index in [0.717, 1.165) is 43.2 Å². The van der Waals surface area contributed by atoms with E-state index in [9.17, 15) is 18.8 Å². The number of carbonyl (C=O) groups excluding carboxylic acids is 1. The van der Waals surface area contributed by atoms with E-state index in [0.29, 0.717) is 22.3 Å². The minimum Gasteiger partial charge on any atom is -0.310 e. The van der Waals surface area contributed by atoms with Gasteiger partial charge >= 0.3 is 0 Å². The Kier molecular flexibility index (Phi) is 7.30. The largest absolute Gasteiger partial charge is 0.310 e. The highest BCUT2D eigenvalue weighted by molar-refractivity contribution is 7.16. The number of hydrogen-bond donors (Lipinski definition) is 0. The van der Waals surface area contributed by atoms with Crippen LogP contribution in [-0.4, -0.2) is 5.78 Å². The summed E-state index contributed by atoms with van der Waals surface area (Å²) in [6.07, 6.45) is 1.76. The number of anilines is 3. The number of carbonyl (C=O) groups is 1. The van der Waals surface area contributed by atoms with Crippen molar-refractivity contribution < 1.29 is 13.6 Å². The van der Waals surface area contributed by atoms with Crippen molar-refractivity contribution in [3.05, 3.63) is 172 Å². The number of Topliss-reactive ketones (excluding diaryl/α,β-unsaturated/α-hetero) is 1. The van der Waals surface area contributed by atoms with E-state index in [1.165, 1.54) is 35.6 Å². The first-order chi connectivity index (χ1) is 22.4. The van der Waals surface area contributed by atoms with Crippen LogP contribution in [0.5, 0.6) is 0 Å². The number of nitrogens with zero attached hydrogens (tertiary/aromatic N) is 3. The molecule has 0 fully saturated rings. The van der Waals surface area contributed by atoms with Gasteiger partial charge in [-0.1, -0.05) is 36.4 Å². The van der Waals surface area contributed by atoms with Crippen LogP contribution in [0.2, 0.25) is 0 Å². The Hall–Kier alpha value is -6.15. The zero-order chi connectivity index (χ0) is 31.8. The van der Waals surface area contributed by atoms with Crippen molar-refractivity contribution >= 4 is 56.6 Å². The Morgan fingerprint density at radius 2 is 1.30 bits per heavy atom. The monoisotopic (exact) mass is 617 g/mol. The maximum absolute atomic E-state index is 13.7. The van der Waals surface area contributed by atoms with Crippen LogP contribution in [0, 0.1) is 29.5 Å². The number of halogens is 2. The molecule has 0 amide bonds. The van der Waals surface area contributed by atoms with Gasteiger partial charge in [0.25, 0.3) is 5.70 Å². The standard InChI is InChI=1S/C39H21F2N3OS/c1-43-36(23-42)38-33-20-25-4-2-3-5-26(25)21-34(33)39(45)35(38)22-32-18-19-37(46-32)24-6-12-29(13-7-24)44(30-14-8-27(40)9-15-30)31-16-10-28(41)11-17-31/h2-22H/b35-22+,38-36-. The fourth-order valence-corrected chi connectivity index (χ4v) is 6.66. The Morgan fingerprint density at radius 3 is 1.85 bits per heavy atom. The van der Waals surface area contributed by atoms with Crippen LogP contribution >= 0.6 is 11.3 Å². The van der Waals surface area contributed by atoms with E-state index in [-0.39, 0.29) is 23.1 Å². The SMILES string of the molecule is [C-]#[N+]/C(C#N)=C1\C(=C/c2ccc(-c3ccc(N(c4ccc(F)cc4)c4ccc(F)cc4)cc3)s2)C(=O)c2cc3ccccc3cc21. The lowest BCUT2D eigenvalue weighted by Gasteiger charge is -2.25. The molecule has 1 aliphatic rings. The van der Waals surface area contributed by atoms with Crippen molar-refractivity contribution in [1.29, 1.82) is 5.26 Å². The number of benzene rings is 5. The molecule has 0 bridgehead atoms. The third-order valence-corrected chi connectivity index (χ3v) is 8.94. The molecule has 218 valence electrons. The van der Waals surface area contributed by atoms with E-state index in [1.807, 2.05) is 83.8 Å². The minimum absolute atomic E-state index is 0.118. The van der Waals surface area contributed by atoms with Gasteiger partial charge in [-0.2, -0.15) is 0 Å². The predicted octanol–water partition coefficient (Wildman–Crippen LogP) is 10.8. The van der Waals surface area contributed by atoms with Gasteiger partial charge in [-0.05, 0) is 113 Å². The van der Waals surface area contributed by atoms with E-state index in [2.05, 4.69) is 4.85 Å². The number of fused-ring (bicyclic) bond motifs is 2. The summed E-state index contributed by atoms with van der Waals surface area (Å²) in [5.74, 6) is -0.911. The average molecular weight is 618 g/mol. The molecule has 0 saturated carbocycles. The van der Waals surface area contributed by atoms with E-state index >= 15 is 0 Å². The van der Waals surface area contributed by atoms with Crippen LogP contribution < -0.4 is 4.90 Å². The highest BCUT2D eigenvalue weighted by Crippen LogP contribution is 2.43. The zero-order valence-electron chi connectivity index (χ0n) is 24.0. The van der Waals surface area contributed by atoms with Gasteiger partial charge in [0.05, 0.1) is 12.6 Å². The molecule has 46 heavy (non-hydrogen) atoms. The van der Waals surface area contributed by atoms with Crippen LogP contribution in [-0.2, 0) is 0 Å². The molecule has 0 saturated heterocycles. The second kappa shape index (κ2) is 11.7. The smallest absolute Gasteiger partial charge is 0.270 e. The van der Waals surface area contributed by atoms with Gasteiger partial charge in [0.1, 0.15) is 11.6 Å². The second-order valence-electron chi connectivity index (χ2n) is 10.6. The molecule has 7 heteroatoms. The van der Waals surface area contributed by atoms with Crippen molar-refractivity contribution in [2.24, 2.45) is 0 Å². The van der Waals surface area contributed by atoms with E-state index in [4.69, 9.17) is 6.57 Å². The van der Waals surface area contributed by atoms with Gasteiger partial charge < -0.3 is 4.90 Å². The Balaban J connectivity index is 1.24. The topological polar surface area (TPSA) is 48.5 Å². The lowest BCUT2D eigenvalue weighted by Crippen LogP contribution is -2.09. The fourth-order valence-electron chi connectivity index (χ4n) is 5.70. The molecule has 0 N–H and O–H groups in total. The molecule has 6 aromatic rings. The predicted molar refractivity (Wildman–Crippen MR) is 180 cm³/mol. The van der Waals surface area contributed by atoms with Gasteiger partial charge in [-0.25, -0.2) is 18.9 Å². The van der Waals surface area contributed by atoms with Crippen molar-refractivity contribution in [2.75, 3.05) is 4.90 Å². The van der Waals surface area contributed by atoms with Crippen LogP contribution in [0.4, 0.5) is 25.8 Å². The van der Waals surface area contributed by atoms with Crippen LogP contribution in [0.15, 0.2) is 133 Å². The summed E-state index contributed by atoms with van der Waals surface area (Å²) in [5.41, 5.74) is 4.85.